The zero-order valence-corrected chi connectivity index (χ0v) is 13.4. The van der Waals surface area contributed by atoms with Gasteiger partial charge in [0.15, 0.2) is 6.61 Å². The predicted octanol–water partition coefficient (Wildman–Crippen LogP) is 3.89. The zero-order chi connectivity index (χ0) is 16.1. The van der Waals surface area contributed by atoms with Crippen molar-refractivity contribution in [2.75, 3.05) is 6.61 Å². The second-order valence-electron chi connectivity index (χ2n) is 5.91. The molecule has 0 radical (unpaired) electrons. The van der Waals surface area contributed by atoms with Crippen LogP contribution in [-0.4, -0.2) is 23.3 Å². The number of ether oxygens (including phenoxy) is 1. The summed E-state index contributed by atoms with van der Waals surface area (Å²) >= 11 is 0. The normalized spacial score (nSPS) is 11.1. The van der Waals surface area contributed by atoms with Gasteiger partial charge in [0.05, 0.1) is 0 Å². The van der Waals surface area contributed by atoms with Crippen molar-refractivity contribution >= 4 is 22.7 Å². The summed E-state index contributed by atoms with van der Waals surface area (Å²) in [5.41, 5.74) is 2.74. The van der Waals surface area contributed by atoms with Gasteiger partial charge in [0, 0.05) is 29.1 Å². The number of hydrogen-bond donors (Lipinski definition) is 1. The number of benzene rings is 1. The van der Waals surface area contributed by atoms with Gasteiger partial charge in [-0.25, -0.2) is 0 Å². The van der Waals surface area contributed by atoms with Crippen LogP contribution in [0.15, 0.2) is 24.4 Å². The molecule has 2 aromatic rings. The first-order chi connectivity index (χ1) is 10.5. The van der Waals surface area contributed by atoms with E-state index in [1.165, 1.54) is 5.56 Å². The predicted molar refractivity (Wildman–Crippen MR) is 87.0 cm³/mol. The summed E-state index contributed by atoms with van der Waals surface area (Å²) in [5.74, 6) is -0.0297. The SMILES string of the molecule is CCc1cccc2c(C(=O)COC(=O)CCC(C)C)c[nH]c12. The molecule has 0 saturated carbocycles. The third kappa shape index (κ3) is 3.75. The molecule has 0 amide bonds. The van der Waals surface area contributed by atoms with E-state index in [2.05, 4.69) is 25.8 Å². The maximum Gasteiger partial charge on any atom is 0.306 e. The van der Waals surface area contributed by atoms with Crippen molar-refractivity contribution < 1.29 is 14.3 Å². The van der Waals surface area contributed by atoms with Crippen LogP contribution in [0.25, 0.3) is 10.9 Å². The van der Waals surface area contributed by atoms with E-state index in [1.807, 2.05) is 18.2 Å². The van der Waals surface area contributed by atoms with Crippen LogP contribution in [0.1, 0.15) is 49.5 Å². The third-order valence-corrected chi connectivity index (χ3v) is 3.77. The van der Waals surface area contributed by atoms with Crippen molar-refractivity contribution in [2.45, 2.75) is 40.0 Å². The van der Waals surface area contributed by atoms with E-state index in [0.717, 1.165) is 23.7 Å². The van der Waals surface area contributed by atoms with E-state index >= 15 is 0 Å². The Balaban J connectivity index is 2.03. The molecule has 2 rings (SSSR count). The lowest BCUT2D eigenvalue weighted by atomic mass is 10.1. The van der Waals surface area contributed by atoms with Crippen molar-refractivity contribution in [1.82, 2.24) is 4.98 Å². The second-order valence-corrected chi connectivity index (χ2v) is 5.91. The Kier molecular flexibility index (Phi) is 5.36. The molecule has 1 heterocycles. The molecule has 0 aliphatic carbocycles. The van der Waals surface area contributed by atoms with Gasteiger partial charge in [-0.3, -0.25) is 9.59 Å². The summed E-state index contributed by atoms with van der Waals surface area (Å²) in [6, 6.07) is 5.90. The van der Waals surface area contributed by atoms with Gasteiger partial charge in [-0.15, -0.1) is 0 Å². The smallest absolute Gasteiger partial charge is 0.306 e. The summed E-state index contributed by atoms with van der Waals surface area (Å²) in [7, 11) is 0. The molecule has 0 aliphatic heterocycles. The van der Waals surface area contributed by atoms with Gasteiger partial charge in [-0.2, -0.15) is 0 Å². The molecule has 4 heteroatoms. The monoisotopic (exact) mass is 301 g/mol. The molecular weight excluding hydrogens is 278 g/mol. The number of carbonyl (C=O) groups excluding carboxylic acids is 2. The Morgan fingerprint density at radius 1 is 1.27 bits per heavy atom. The van der Waals surface area contributed by atoms with Gasteiger partial charge in [0.25, 0.3) is 0 Å². The summed E-state index contributed by atoms with van der Waals surface area (Å²) in [6.45, 7) is 5.99. The van der Waals surface area contributed by atoms with Crippen LogP contribution in [0.2, 0.25) is 0 Å². The minimum atomic E-state index is -0.309. The van der Waals surface area contributed by atoms with Crippen LogP contribution >= 0.6 is 0 Å². The Labute approximate surface area is 130 Å². The second kappa shape index (κ2) is 7.25. The molecule has 0 atom stereocenters. The molecule has 1 aromatic heterocycles. The number of esters is 1. The zero-order valence-electron chi connectivity index (χ0n) is 13.4. The molecule has 0 spiro atoms. The first-order valence-electron chi connectivity index (χ1n) is 7.80. The molecule has 0 saturated heterocycles. The first kappa shape index (κ1) is 16.3. The average Bonchev–Trinajstić information content (AvgIpc) is 2.94. The lowest BCUT2D eigenvalue weighted by Gasteiger charge is -2.06. The average molecular weight is 301 g/mol. The highest BCUT2D eigenvalue weighted by molar-refractivity contribution is 6.09. The van der Waals surface area contributed by atoms with Crippen LogP contribution in [0, 0.1) is 5.92 Å². The number of fused-ring (bicyclic) bond motifs is 1. The number of rotatable bonds is 7. The first-order valence-corrected chi connectivity index (χ1v) is 7.80. The highest BCUT2D eigenvalue weighted by atomic mass is 16.5. The van der Waals surface area contributed by atoms with Crippen LogP contribution in [0.4, 0.5) is 0 Å². The van der Waals surface area contributed by atoms with E-state index in [0.29, 0.717) is 17.9 Å². The maximum atomic E-state index is 12.3. The molecule has 4 nitrogen and oxygen atoms in total. The van der Waals surface area contributed by atoms with Gasteiger partial charge in [-0.05, 0) is 24.3 Å². The minimum Gasteiger partial charge on any atom is -0.457 e. The van der Waals surface area contributed by atoms with Gasteiger partial charge in [-0.1, -0.05) is 39.0 Å². The molecule has 22 heavy (non-hydrogen) atoms. The number of nitrogens with one attached hydrogen (secondary N) is 1. The maximum absolute atomic E-state index is 12.3. The standard InChI is InChI=1S/C18H23NO3/c1-4-13-6-5-7-14-15(10-19-18(13)14)16(20)11-22-17(21)9-8-12(2)3/h5-7,10,12,19H,4,8-9,11H2,1-3H3. The van der Waals surface area contributed by atoms with Crippen LogP contribution in [0.5, 0.6) is 0 Å². The Morgan fingerprint density at radius 2 is 2.05 bits per heavy atom. The van der Waals surface area contributed by atoms with Crippen molar-refractivity contribution in [1.29, 1.82) is 0 Å². The quantitative estimate of drug-likeness (QED) is 0.623. The number of hydrogen-bond acceptors (Lipinski definition) is 3. The number of para-hydroxylation sites is 1. The molecule has 0 aliphatic rings. The van der Waals surface area contributed by atoms with Crippen molar-refractivity contribution in [3.05, 3.63) is 35.5 Å². The fourth-order valence-electron chi connectivity index (χ4n) is 2.44. The van der Waals surface area contributed by atoms with Crippen molar-refractivity contribution in [2.24, 2.45) is 5.92 Å². The Bertz CT molecular complexity index is 670. The molecule has 0 bridgehead atoms. The van der Waals surface area contributed by atoms with Gasteiger partial charge in [0.1, 0.15) is 0 Å². The summed E-state index contributed by atoms with van der Waals surface area (Å²) < 4.78 is 5.08. The van der Waals surface area contributed by atoms with E-state index < -0.39 is 0 Å². The van der Waals surface area contributed by atoms with Crippen LogP contribution < -0.4 is 0 Å². The highest BCUT2D eigenvalue weighted by Crippen LogP contribution is 2.22. The van der Waals surface area contributed by atoms with Crippen molar-refractivity contribution in [3.63, 3.8) is 0 Å². The molecule has 0 unspecified atom stereocenters. The van der Waals surface area contributed by atoms with E-state index in [1.54, 1.807) is 6.20 Å². The Hall–Kier alpha value is -2.10. The number of Topliss-reactive ketones (excluding diaryl/α,β-unsaturated/α-hetero) is 1. The number of ketones is 1. The van der Waals surface area contributed by atoms with E-state index in [9.17, 15) is 9.59 Å². The number of H-pyrrole nitrogens is 1. The summed E-state index contributed by atoms with van der Waals surface area (Å²) in [5, 5.41) is 0.891. The van der Waals surface area contributed by atoms with E-state index in [4.69, 9.17) is 4.74 Å². The molecule has 0 fully saturated rings. The Morgan fingerprint density at radius 3 is 2.73 bits per heavy atom. The van der Waals surface area contributed by atoms with Crippen LogP contribution in [-0.2, 0) is 16.0 Å². The summed E-state index contributed by atoms with van der Waals surface area (Å²) in [6.07, 6.45) is 3.74. The lowest BCUT2D eigenvalue weighted by molar-refractivity contribution is -0.142. The number of aromatic nitrogens is 1. The van der Waals surface area contributed by atoms with Crippen molar-refractivity contribution in [3.8, 4) is 0 Å². The lowest BCUT2D eigenvalue weighted by Crippen LogP contribution is -2.14. The van der Waals surface area contributed by atoms with Crippen LogP contribution in [0.3, 0.4) is 0 Å². The number of carbonyl (C=O) groups is 2. The molecule has 118 valence electrons. The van der Waals surface area contributed by atoms with Gasteiger partial charge in [0.2, 0.25) is 5.78 Å². The molecular formula is C18H23NO3. The minimum absolute atomic E-state index is 0.169. The number of aryl methyl sites for hydroxylation is 1. The topological polar surface area (TPSA) is 59.2 Å². The van der Waals surface area contributed by atoms with E-state index in [-0.39, 0.29) is 18.4 Å². The fraction of sp³-hybridized carbons (Fsp3) is 0.444. The number of aromatic amines is 1. The summed E-state index contributed by atoms with van der Waals surface area (Å²) in [4.78, 5) is 27.0. The fourth-order valence-corrected chi connectivity index (χ4v) is 2.44. The van der Waals surface area contributed by atoms with Gasteiger partial charge >= 0.3 is 5.97 Å². The van der Waals surface area contributed by atoms with Gasteiger partial charge < -0.3 is 9.72 Å². The highest BCUT2D eigenvalue weighted by Gasteiger charge is 2.15. The third-order valence-electron chi connectivity index (χ3n) is 3.77. The molecule has 1 N–H and O–H groups in total. The largest absolute Gasteiger partial charge is 0.457 e. The molecule has 1 aromatic carbocycles.